The van der Waals surface area contributed by atoms with Crippen LogP contribution in [0, 0.1) is 5.92 Å². The molecular weight excluding hydrogens is 426 g/mol. The standard InChI is InChI=1S/C33H51NO/c1-3-5-7-9-11-13-15-28-16-18-29(19-17-28)30-20-22-31(23-21-30)33-25-24-32(27-34-33)35-26-14-12-10-8-6-4-2/h20-25,27-29H,3-19,26H2,1-2H3. The normalized spacial score (nSPS) is 18.0. The summed E-state index contributed by atoms with van der Waals surface area (Å²) in [6.07, 6.45) is 25.2. The molecule has 1 aliphatic carbocycles. The maximum absolute atomic E-state index is 5.89. The van der Waals surface area contributed by atoms with E-state index in [4.69, 9.17) is 4.74 Å². The molecule has 1 aromatic carbocycles. The lowest BCUT2D eigenvalue weighted by Crippen LogP contribution is -2.13. The van der Waals surface area contributed by atoms with Crippen LogP contribution < -0.4 is 4.74 Å². The summed E-state index contributed by atoms with van der Waals surface area (Å²) in [7, 11) is 0. The van der Waals surface area contributed by atoms with Crippen LogP contribution in [0.5, 0.6) is 5.75 Å². The van der Waals surface area contributed by atoms with Crippen molar-refractivity contribution in [2.75, 3.05) is 6.61 Å². The fourth-order valence-corrected chi connectivity index (χ4v) is 5.63. The molecule has 0 N–H and O–H groups in total. The van der Waals surface area contributed by atoms with Crippen LogP contribution >= 0.6 is 0 Å². The second-order valence-corrected chi connectivity index (χ2v) is 10.9. The average Bonchev–Trinajstić information content (AvgIpc) is 2.91. The zero-order valence-corrected chi connectivity index (χ0v) is 22.8. The van der Waals surface area contributed by atoms with Crippen LogP contribution in [0.3, 0.4) is 0 Å². The van der Waals surface area contributed by atoms with Crippen molar-refractivity contribution in [2.45, 2.75) is 129 Å². The van der Waals surface area contributed by atoms with Crippen molar-refractivity contribution in [1.29, 1.82) is 0 Å². The molecule has 2 nitrogen and oxygen atoms in total. The zero-order valence-electron chi connectivity index (χ0n) is 22.8. The van der Waals surface area contributed by atoms with Gasteiger partial charge < -0.3 is 4.74 Å². The van der Waals surface area contributed by atoms with E-state index < -0.39 is 0 Å². The molecule has 1 aliphatic rings. The van der Waals surface area contributed by atoms with Crippen LogP contribution in [-0.4, -0.2) is 11.6 Å². The molecule has 0 aliphatic heterocycles. The molecule has 0 atom stereocenters. The van der Waals surface area contributed by atoms with Gasteiger partial charge >= 0.3 is 0 Å². The predicted octanol–water partition coefficient (Wildman–Crippen LogP) is 10.5. The summed E-state index contributed by atoms with van der Waals surface area (Å²) in [4.78, 5) is 4.67. The first-order chi connectivity index (χ1) is 17.3. The smallest absolute Gasteiger partial charge is 0.137 e. The first-order valence-corrected chi connectivity index (χ1v) is 15.0. The SMILES string of the molecule is CCCCCCCCOc1ccc(-c2ccc(C3CCC(CCCCCCCC)CC3)cc2)nc1. The number of unbranched alkanes of at least 4 members (excludes halogenated alkanes) is 10. The van der Waals surface area contributed by atoms with Crippen LogP contribution in [0.1, 0.15) is 134 Å². The summed E-state index contributed by atoms with van der Waals surface area (Å²) in [6.45, 7) is 5.35. The van der Waals surface area contributed by atoms with Crippen molar-refractivity contribution in [1.82, 2.24) is 4.98 Å². The molecule has 0 spiro atoms. The summed E-state index contributed by atoms with van der Waals surface area (Å²) in [6, 6.07) is 13.4. The van der Waals surface area contributed by atoms with Gasteiger partial charge in [-0.2, -0.15) is 0 Å². The van der Waals surface area contributed by atoms with Gasteiger partial charge in [0.2, 0.25) is 0 Å². The molecule has 1 fully saturated rings. The Hall–Kier alpha value is -1.83. The van der Waals surface area contributed by atoms with Crippen LogP contribution in [0.15, 0.2) is 42.6 Å². The quantitative estimate of drug-likeness (QED) is 0.211. The lowest BCUT2D eigenvalue weighted by molar-refractivity contribution is 0.302. The Balaban J connectivity index is 1.35. The van der Waals surface area contributed by atoms with Gasteiger partial charge in [-0.3, -0.25) is 4.98 Å². The Morgan fingerprint density at radius 1 is 0.686 bits per heavy atom. The second kappa shape index (κ2) is 16.8. The van der Waals surface area contributed by atoms with E-state index in [0.29, 0.717) is 0 Å². The highest BCUT2D eigenvalue weighted by Gasteiger charge is 2.22. The van der Waals surface area contributed by atoms with Gasteiger partial charge in [-0.15, -0.1) is 0 Å². The summed E-state index contributed by atoms with van der Waals surface area (Å²) >= 11 is 0. The van der Waals surface area contributed by atoms with E-state index >= 15 is 0 Å². The molecule has 2 heteroatoms. The lowest BCUT2D eigenvalue weighted by atomic mass is 9.77. The minimum absolute atomic E-state index is 0.746. The Morgan fingerprint density at radius 2 is 1.31 bits per heavy atom. The van der Waals surface area contributed by atoms with Crippen molar-refractivity contribution in [3.8, 4) is 17.0 Å². The summed E-state index contributed by atoms with van der Waals surface area (Å²) in [5.41, 5.74) is 3.75. The zero-order chi connectivity index (χ0) is 24.6. The molecular formula is C33H51NO. The van der Waals surface area contributed by atoms with Crippen LogP contribution in [0.4, 0.5) is 0 Å². The number of benzene rings is 1. The molecule has 1 aromatic heterocycles. The van der Waals surface area contributed by atoms with Crippen molar-refractivity contribution in [2.24, 2.45) is 5.92 Å². The molecule has 35 heavy (non-hydrogen) atoms. The van der Waals surface area contributed by atoms with E-state index in [1.165, 1.54) is 114 Å². The van der Waals surface area contributed by atoms with Gasteiger partial charge in [0.05, 0.1) is 18.5 Å². The van der Waals surface area contributed by atoms with Crippen molar-refractivity contribution < 1.29 is 4.74 Å². The molecule has 0 saturated heterocycles. The van der Waals surface area contributed by atoms with Crippen molar-refractivity contribution >= 4 is 0 Å². The third kappa shape index (κ3) is 10.4. The van der Waals surface area contributed by atoms with Crippen LogP contribution in [0.2, 0.25) is 0 Å². The largest absolute Gasteiger partial charge is 0.492 e. The first-order valence-electron chi connectivity index (χ1n) is 15.0. The van der Waals surface area contributed by atoms with Gasteiger partial charge in [0.1, 0.15) is 5.75 Å². The minimum Gasteiger partial charge on any atom is -0.492 e. The lowest BCUT2D eigenvalue weighted by Gasteiger charge is -2.29. The molecule has 0 bridgehead atoms. The maximum atomic E-state index is 5.89. The topological polar surface area (TPSA) is 22.1 Å². The highest BCUT2D eigenvalue weighted by atomic mass is 16.5. The molecule has 2 aromatic rings. The summed E-state index contributed by atoms with van der Waals surface area (Å²) in [5, 5.41) is 0. The van der Waals surface area contributed by atoms with E-state index in [9.17, 15) is 0 Å². The van der Waals surface area contributed by atoms with Crippen molar-refractivity contribution in [3.63, 3.8) is 0 Å². The van der Waals surface area contributed by atoms with Crippen LogP contribution in [0.25, 0.3) is 11.3 Å². The van der Waals surface area contributed by atoms with E-state index in [0.717, 1.165) is 36.3 Å². The van der Waals surface area contributed by atoms with Crippen LogP contribution in [-0.2, 0) is 0 Å². The van der Waals surface area contributed by atoms with Gasteiger partial charge in [0.25, 0.3) is 0 Å². The molecule has 0 radical (unpaired) electrons. The third-order valence-electron chi connectivity index (χ3n) is 7.99. The molecule has 0 amide bonds. The molecule has 194 valence electrons. The number of hydrogen-bond donors (Lipinski definition) is 0. The predicted molar refractivity (Wildman–Crippen MR) is 151 cm³/mol. The van der Waals surface area contributed by atoms with Gasteiger partial charge in [0.15, 0.2) is 0 Å². The molecule has 3 rings (SSSR count). The fraction of sp³-hybridized carbons (Fsp3) is 0.667. The molecule has 1 heterocycles. The molecule has 0 unspecified atom stereocenters. The number of aromatic nitrogens is 1. The Labute approximate surface area is 216 Å². The summed E-state index contributed by atoms with van der Waals surface area (Å²) < 4.78 is 5.89. The Morgan fingerprint density at radius 3 is 1.94 bits per heavy atom. The number of nitrogens with zero attached hydrogens (tertiary/aromatic N) is 1. The minimum atomic E-state index is 0.746. The van der Waals surface area contributed by atoms with Gasteiger partial charge in [-0.1, -0.05) is 115 Å². The monoisotopic (exact) mass is 477 g/mol. The Kier molecular flexibility index (Phi) is 13.3. The second-order valence-electron chi connectivity index (χ2n) is 10.9. The number of pyridine rings is 1. The van der Waals surface area contributed by atoms with E-state index in [1.54, 1.807) is 0 Å². The maximum Gasteiger partial charge on any atom is 0.137 e. The third-order valence-corrected chi connectivity index (χ3v) is 7.99. The van der Waals surface area contributed by atoms with Gasteiger partial charge in [-0.25, -0.2) is 0 Å². The van der Waals surface area contributed by atoms with E-state index in [2.05, 4.69) is 55.2 Å². The van der Waals surface area contributed by atoms with E-state index in [1.807, 2.05) is 6.20 Å². The fourth-order valence-electron chi connectivity index (χ4n) is 5.63. The number of hydrogen-bond acceptors (Lipinski definition) is 2. The summed E-state index contributed by atoms with van der Waals surface area (Å²) in [5.74, 6) is 2.61. The highest BCUT2D eigenvalue weighted by molar-refractivity contribution is 5.60. The highest BCUT2D eigenvalue weighted by Crippen LogP contribution is 2.38. The Bertz CT molecular complexity index is 774. The van der Waals surface area contributed by atoms with Gasteiger partial charge in [-0.05, 0) is 61.6 Å². The van der Waals surface area contributed by atoms with E-state index in [-0.39, 0.29) is 0 Å². The molecule has 1 saturated carbocycles. The first kappa shape index (κ1) is 27.8. The van der Waals surface area contributed by atoms with Crippen molar-refractivity contribution in [3.05, 3.63) is 48.2 Å². The van der Waals surface area contributed by atoms with Gasteiger partial charge in [0, 0.05) is 5.56 Å². The number of ether oxygens (including phenoxy) is 1. The number of rotatable bonds is 17. The average molecular weight is 478 g/mol.